The molecule has 0 spiro atoms. The van der Waals surface area contributed by atoms with E-state index in [1.54, 1.807) is 32.2 Å². The summed E-state index contributed by atoms with van der Waals surface area (Å²) in [6.45, 7) is 5.33. The Bertz CT molecular complexity index is 888. The molecular weight excluding hydrogens is 287 g/mol. The Labute approximate surface area is 125 Å². The minimum atomic E-state index is -0.729. The summed E-state index contributed by atoms with van der Waals surface area (Å²) in [4.78, 5) is 20.2. The van der Waals surface area contributed by atoms with Gasteiger partial charge in [-0.05, 0) is 32.4 Å². The lowest BCUT2D eigenvalue weighted by molar-refractivity contribution is 0.101. The lowest BCUT2D eigenvalue weighted by Crippen LogP contribution is -2.17. The number of fused-ring (bicyclic) bond motifs is 1. The summed E-state index contributed by atoms with van der Waals surface area (Å²) in [6.07, 6.45) is 1.57. The summed E-state index contributed by atoms with van der Waals surface area (Å²) < 4.78 is 15.5. The van der Waals surface area contributed by atoms with E-state index in [1.807, 2.05) is 6.92 Å². The number of aromatic nitrogens is 5. The standard InChI is InChI=1S/C14H13FN6O/c1-7-4-5-10-17-11(12(15)21(10)6-7)13(22)18-14-16-8(2)9(3)19-20-14/h4-6H,1-3H3,(H,16,18,20,22). The van der Waals surface area contributed by atoms with Crippen LogP contribution < -0.4 is 5.32 Å². The van der Waals surface area contributed by atoms with Crippen LogP contribution in [0.4, 0.5) is 10.3 Å². The number of nitrogens with one attached hydrogen (secondary N) is 1. The maximum Gasteiger partial charge on any atom is 0.281 e. The lowest BCUT2D eigenvalue weighted by Gasteiger charge is -2.02. The number of pyridine rings is 1. The van der Waals surface area contributed by atoms with Gasteiger partial charge in [-0.15, -0.1) is 5.10 Å². The molecule has 1 amide bonds. The van der Waals surface area contributed by atoms with E-state index in [-0.39, 0.29) is 11.6 Å². The van der Waals surface area contributed by atoms with Gasteiger partial charge in [0, 0.05) is 6.20 Å². The number of hydrogen-bond acceptors (Lipinski definition) is 5. The van der Waals surface area contributed by atoms with Gasteiger partial charge in [0.25, 0.3) is 5.91 Å². The van der Waals surface area contributed by atoms with Crippen molar-refractivity contribution in [2.45, 2.75) is 20.8 Å². The van der Waals surface area contributed by atoms with Crippen molar-refractivity contribution in [1.29, 1.82) is 0 Å². The predicted octanol–water partition coefficient (Wildman–Crippen LogP) is 1.84. The lowest BCUT2D eigenvalue weighted by atomic mass is 10.3. The Hall–Kier alpha value is -2.90. The number of imidazole rings is 1. The Morgan fingerprint density at radius 1 is 1.14 bits per heavy atom. The highest BCUT2D eigenvalue weighted by atomic mass is 19.1. The minimum absolute atomic E-state index is 0.0146. The van der Waals surface area contributed by atoms with Crippen molar-refractivity contribution >= 4 is 17.5 Å². The van der Waals surface area contributed by atoms with Crippen molar-refractivity contribution < 1.29 is 9.18 Å². The van der Waals surface area contributed by atoms with Gasteiger partial charge >= 0.3 is 0 Å². The molecule has 3 heterocycles. The third-order valence-corrected chi connectivity index (χ3v) is 3.24. The van der Waals surface area contributed by atoms with Crippen molar-refractivity contribution in [3.8, 4) is 0 Å². The highest BCUT2D eigenvalue weighted by Crippen LogP contribution is 2.14. The largest absolute Gasteiger partial charge is 0.288 e. The van der Waals surface area contributed by atoms with E-state index in [0.29, 0.717) is 17.0 Å². The molecule has 3 aromatic heterocycles. The molecule has 3 rings (SSSR count). The maximum atomic E-state index is 14.3. The van der Waals surface area contributed by atoms with E-state index >= 15 is 0 Å². The van der Waals surface area contributed by atoms with Crippen LogP contribution in [0, 0.1) is 26.7 Å². The molecule has 0 aliphatic rings. The highest BCUT2D eigenvalue weighted by Gasteiger charge is 2.20. The van der Waals surface area contributed by atoms with Crippen LogP contribution >= 0.6 is 0 Å². The summed E-state index contributed by atoms with van der Waals surface area (Å²) in [5.41, 5.74) is 2.20. The fourth-order valence-electron chi connectivity index (χ4n) is 1.94. The molecule has 8 heteroatoms. The quantitative estimate of drug-likeness (QED) is 0.780. The van der Waals surface area contributed by atoms with E-state index in [2.05, 4.69) is 25.5 Å². The van der Waals surface area contributed by atoms with Crippen LogP contribution in [0.3, 0.4) is 0 Å². The smallest absolute Gasteiger partial charge is 0.281 e. The summed E-state index contributed by atoms with van der Waals surface area (Å²) in [6, 6.07) is 3.43. The second-order valence-electron chi connectivity index (χ2n) is 4.95. The first-order valence-corrected chi connectivity index (χ1v) is 6.59. The van der Waals surface area contributed by atoms with Gasteiger partial charge in [-0.1, -0.05) is 6.07 Å². The first-order valence-electron chi connectivity index (χ1n) is 6.59. The second-order valence-corrected chi connectivity index (χ2v) is 4.95. The molecule has 0 bridgehead atoms. The molecule has 3 aromatic rings. The van der Waals surface area contributed by atoms with Crippen LogP contribution in [0.2, 0.25) is 0 Å². The Kier molecular flexibility index (Phi) is 3.28. The van der Waals surface area contributed by atoms with Gasteiger partial charge in [-0.3, -0.25) is 14.5 Å². The molecule has 0 unspecified atom stereocenters. The molecule has 0 aliphatic heterocycles. The van der Waals surface area contributed by atoms with Crippen LogP contribution in [0.15, 0.2) is 18.3 Å². The summed E-state index contributed by atoms with van der Waals surface area (Å²) in [7, 11) is 0. The average Bonchev–Trinajstić information content (AvgIpc) is 2.80. The highest BCUT2D eigenvalue weighted by molar-refractivity contribution is 6.02. The van der Waals surface area contributed by atoms with Crippen molar-refractivity contribution in [2.24, 2.45) is 0 Å². The zero-order valence-corrected chi connectivity index (χ0v) is 12.3. The normalized spacial score (nSPS) is 10.9. The van der Waals surface area contributed by atoms with Gasteiger partial charge in [-0.25, -0.2) is 9.97 Å². The van der Waals surface area contributed by atoms with Crippen LogP contribution in [-0.4, -0.2) is 30.5 Å². The van der Waals surface area contributed by atoms with Gasteiger partial charge in [0.05, 0.1) is 11.4 Å². The average molecular weight is 300 g/mol. The van der Waals surface area contributed by atoms with Crippen molar-refractivity contribution in [2.75, 3.05) is 5.32 Å². The molecule has 7 nitrogen and oxygen atoms in total. The van der Waals surface area contributed by atoms with Gasteiger partial charge in [0.1, 0.15) is 5.65 Å². The van der Waals surface area contributed by atoms with Crippen LogP contribution in [0.1, 0.15) is 27.4 Å². The number of amides is 1. The molecule has 0 atom stereocenters. The Balaban J connectivity index is 1.95. The number of carbonyl (C=O) groups is 1. The zero-order chi connectivity index (χ0) is 15.9. The van der Waals surface area contributed by atoms with Crippen LogP contribution in [0.25, 0.3) is 5.65 Å². The number of nitrogens with zero attached hydrogens (tertiary/aromatic N) is 5. The molecule has 0 fully saturated rings. The summed E-state index contributed by atoms with van der Waals surface area (Å²) >= 11 is 0. The minimum Gasteiger partial charge on any atom is -0.288 e. The van der Waals surface area contributed by atoms with Gasteiger partial charge in [0.2, 0.25) is 11.9 Å². The second kappa shape index (κ2) is 5.14. The van der Waals surface area contributed by atoms with Gasteiger partial charge in [0.15, 0.2) is 5.69 Å². The van der Waals surface area contributed by atoms with Crippen molar-refractivity contribution in [1.82, 2.24) is 24.6 Å². The van der Waals surface area contributed by atoms with Gasteiger partial charge < -0.3 is 0 Å². The molecule has 1 N–H and O–H groups in total. The number of hydrogen-bond donors (Lipinski definition) is 1. The number of anilines is 1. The fourth-order valence-corrected chi connectivity index (χ4v) is 1.94. The van der Waals surface area contributed by atoms with E-state index in [1.165, 1.54) is 4.40 Å². The monoisotopic (exact) mass is 300 g/mol. The zero-order valence-electron chi connectivity index (χ0n) is 12.3. The first kappa shape index (κ1) is 14.1. The SMILES string of the molecule is Cc1ccc2nc(C(=O)Nc3nnc(C)c(C)n3)c(F)n2c1. The summed E-state index contributed by atoms with van der Waals surface area (Å²) in [5.74, 6) is -1.43. The number of rotatable bonds is 2. The molecule has 0 aliphatic carbocycles. The van der Waals surface area contributed by atoms with Crippen LogP contribution in [0.5, 0.6) is 0 Å². The molecule has 0 radical (unpaired) electrons. The molecular formula is C14H13FN6O. The summed E-state index contributed by atoms with van der Waals surface area (Å²) in [5, 5.41) is 10.0. The molecule has 0 saturated heterocycles. The fraction of sp³-hybridized carbons (Fsp3) is 0.214. The Morgan fingerprint density at radius 3 is 2.64 bits per heavy atom. The number of aryl methyl sites for hydroxylation is 3. The van der Waals surface area contributed by atoms with E-state index in [4.69, 9.17) is 0 Å². The van der Waals surface area contributed by atoms with Crippen LogP contribution in [-0.2, 0) is 0 Å². The Morgan fingerprint density at radius 2 is 1.91 bits per heavy atom. The van der Waals surface area contributed by atoms with E-state index in [9.17, 15) is 9.18 Å². The van der Waals surface area contributed by atoms with Gasteiger partial charge in [-0.2, -0.15) is 9.49 Å². The van der Waals surface area contributed by atoms with Crippen molar-refractivity contribution in [3.05, 3.63) is 46.9 Å². The number of carbonyl (C=O) groups excluding carboxylic acids is 1. The predicted molar refractivity (Wildman–Crippen MR) is 77.1 cm³/mol. The first-order chi connectivity index (χ1) is 10.5. The van der Waals surface area contributed by atoms with Crippen molar-refractivity contribution in [3.63, 3.8) is 0 Å². The topological polar surface area (TPSA) is 85.1 Å². The van der Waals surface area contributed by atoms with E-state index in [0.717, 1.165) is 5.56 Å². The molecule has 112 valence electrons. The van der Waals surface area contributed by atoms with E-state index < -0.39 is 11.9 Å². The molecule has 0 aromatic carbocycles. The molecule has 0 saturated carbocycles. The maximum absolute atomic E-state index is 14.3. The number of halogens is 1. The third-order valence-electron chi connectivity index (χ3n) is 3.24. The third kappa shape index (κ3) is 2.39. The molecule has 22 heavy (non-hydrogen) atoms.